The summed E-state index contributed by atoms with van der Waals surface area (Å²) in [7, 11) is 0. The Bertz CT molecular complexity index is 172. The van der Waals surface area contributed by atoms with E-state index in [0.29, 0.717) is 11.2 Å². The molecule has 1 aliphatic heterocycles. The molecule has 1 N–H and O–H groups in total. The van der Waals surface area contributed by atoms with Crippen LogP contribution in [-0.4, -0.2) is 18.4 Å². The number of ketones is 1. The van der Waals surface area contributed by atoms with Gasteiger partial charge in [0.1, 0.15) is 5.78 Å². The highest BCUT2D eigenvalue weighted by atomic mass is 16.1. The molecule has 0 aromatic heterocycles. The molecule has 1 heterocycles. The SMILES string of the molecule is CC(=O)C1NCCC12CC2. The molecule has 1 atom stereocenters. The molecule has 2 aliphatic rings. The van der Waals surface area contributed by atoms with Crippen molar-refractivity contribution in [2.45, 2.75) is 32.2 Å². The molecule has 10 heavy (non-hydrogen) atoms. The zero-order valence-corrected chi connectivity index (χ0v) is 6.31. The van der Waals surface area contributed by atoms with Gasteiger partial charge in [0.2, 0.25) is 0 Å². The Labute approximate surface area is 61.0 Å². The molecular formula is C8H13NO. The molecule has 2 nitrogen and oxygen atoms in total. The van der Waals surface area contributed by atoms with E-state index in [-0.39, 0.29) is 6.04 Å². The van der Waals surface area contributed by atoms with E-state index in [2.05, 4.69) is 5.32 Å². The highest BCUT2D eigenvalue weighted by molar-refractivity contribution is 5.83. The Kier molecular flexibility index (Phi) is 1.15. The second-order valence-electron chi connectivity index (χ2n) is 3.61. The third-order valence-electron chi connectivity index (χ3n) is 2.88. The topological polar surface area (TPSA) is 29.1 Å². The third kappa shape index (κ3) is 0.717. The van der Waals surface area contributed by atoms with Crippen LogP contribution in [0.4, 0.5) is 0 Å². The number of hydrogen-bond acceptors (Lipinski definition) is 2. The molecule has 0 bridgehead atoms. The van der Waals surface area contributed by atoms with E-state index in [1.54, 1.807) is 6.92 Å². The van der Waals surface area contributed by atoms with Gasteiger partial charge < -0.3 is 5.32 Å². The zero-order valence-electron chi connectivity index (χ0n) is 6.31. The summed E-state index contributed by atoms with van der Waals surface area (Å²) in [4.78, 5) is 11.0. The minimum Gasteiger partial charge on any atom is -0.307 e. The van der Waals surface area contributed by atoms with Gasteiger partial charge in [0.25, 0.3) is 0 Å². The molecule has 0 aromatic rings. The van der Waals surface area contributed by atoms with E-state index < -0.39 is 0 Å². The summed E-state index contributed by atoms with van der Waals surface area (Å²) >= 11 is 0. The van der Waals surface area contributed by atoms with Crippen LogP contribution in [0.3, 0.4) is 0 Å². The molecule has 1 aliphatic carbocycles. The monoisotopic (exact) mass is 139 g/mol. The van der Waals surface area contributed by atoms with Gasteiger partial charge in [-0.25, -0.2) is 0 Å². The van der Waals surface area contributed by atoms with Gasteiger partial charge in [0.05, 0.1) is 6.04 Å². The Morgan fingerprint density at radius 2 is 2.20 bits per heavy atom. The lowest BCUT2D eigenvalue weighted by Gasteiger charge is -2.13. The van der Waals surface area contributed by atoms with Crippen molar-refractivity contribution in [3.8, 4) is 0 Å². The molecule has 1 spiro atoms. The Morgan fingerprint density at radius 3 is 2.60 bits per heavy atom. The summed E-state index contributed by atoms with van der Waals surface area (Å²) in [5.74, 6) is 0.329. The molecule has 1 unspecified atom stereocenters. The predicted octanol–water partition coefficient (Wildman–Crippen LogP) is 0.718. The molecule has 56 valence electrons. The van der Waals surface area contributed by atoms with Crippen LogP contribution in [0.5, 0.6) is 0 Å². The molecular weight excluding hydrogens is 126 g/mol. The molecule has 1 saturated heterocycles. The standard InChI is InChI=1S/C8H13NO/c1-6(10)7-8(2-3-8)4-5-9-7/h7,9H,2-5H2,1H3. The quantitative estimate of drug-likeness (QED) is 0.580. The van der Waals surface area contributed by atoms with Crippen LogP contribution in [0, 0.1) is 5.41 Å². The van der Waals surface area contributed by atoms with Crippen molar-refractivity contribution in [2.24, 2.45) is 5.41 Å². The van der Waals surface area contributed by atoms with E-state index in [9.17, 15) is 4.79 Å². The summed E-state index contributed by atoms with van der Waals surface area (Å²) in [5.41, 5.74) is 0.422. The Hall–Kier alpha value is -0.370. The van der Waals surface area contributed by atoms with Gasteiger partial charge in [-0.05, 0) is 38.1 Å². The third-order valence-corrected chi connectivity index (χ3v) is 2.88. The van der Waals surface area contributed by atoms with Crippen LogP contribution in [0.2, 0.25) is 0 Å². The van der Waals surface area contributed by atoms with Crippen molar-refractivity contribution < 1.29 is 4.79 Å². The lowest BCUT2D eigenvalue weighted by Crippen LogP contribution is -2.34. The van der Waals surface area contributed by atoms with Crippen LogP contribution in [-0.2, 0) is 4.79 Å². The lowest BCUT2D eigenvalue weighted by molar-refractivity contribution is -0.119. The van der Waals surface area contributed by atoms with Crippen LogP contribution in [0.25, 0.3) is 0 Å². The molecule has 1 saturated carbocycles. The second-order valence-corrected chi connectivity index (χ2v) is 3.61. The van der Waals surface area contributed by atoms with Crippen LogP contribution >= 0.6 is 0 Å². The minimum atomic E-state index is 0.201. The fraction of sp³-hybridized carbons (Fsp3) is 0.875. The van der Waals surface area contributed by atoms with E-state index in [1.165, 1.54) is 19.3 Å². The fourth-order valence-corrected chi connectivity index (χ4v) is 2.10. The van der Waals surface area contributed by atoms with Gasteiger partial charge >= 0.3 is 0 Å². The largest absolute Gasteiger partial charge is 0.307 e. The van der Waals surface area contributed by atoms with Gasteiger partial charge in [0, 0.05) is 0 Å². The van der Waals surface area contributed by atoms with Crippen molar-refractivity contribution in [2.75, 3.05) is 6.54 Å². The number of carbonyl (C=O) groups is 1. The molecule has 0 aromatic carbocycles. The molecule has 2 heteroatoms. The maximum absolute atomic E-state index is 11.0. The molecule has 2 rings (SSSR count). The van der Waals surface area contributed by atoms with Crippen molar-refractivity contribution in [3.05, 3.63) is 0 Å². The van der Waals surface area contributed by atoms with Gasteiger partial charge in [-0.3, -0.25) is 4.79 Å². The number of carbonyl (C=O) groups excluding carboxylic acids is 1. The van der Waals surface area contributed by atoms with Crippen molar-refractivity contribution in [3.63, 3.8) is 0 Å². The first-order chi connectivity index (χ1) is 4.75. The first-order valence-corrected chi connectivity index (χ1v) is 3.98. The molecule has 0 radical (unpaired) electrons. The summed E-state index contributed by atoms with van der Waals surface area (Å²) in [6.45, 7) is 2.74. The second kappa shape index (κ2) is 1.82. The van der Waals surface area contributed by atoms with Crippen molar-refractivity contribution in [1.82, 2.24) is 5.32 Å². The van der Waals surface area contributed by atoms with E-state index in [0.717, 1.165) is 6.54 Å². The van der Waals surface area contributed by atoms with E-state index in [1.807, 2.05) is 0 Å². The summed E-state index contributed by atoms with van der Waals surface area (Å²) in [6, 6.07) is 0.201. The van der Waals surface area contributed by atoms with Gasteiger partial charge in [-0.1, -0.05) is 0 Å². The molecule has 0 amide bonds. The van der Waals surface area contributed by atoms with Crippen LogP contribution < -0.4 is 5.32 Å². The highest BCUT2D eigenvalue weighted by Crippen LogP contribution is 2.54. The lowest BCUT2D eigenvalue weighted by atomic mass is 9.95. The first-order valence-electron chi connectivity index (χ1n) is 3.98. The summed E-state index contributed by atoms with van der Waals surface area (Å²) in [5, 5.41) is 3.26. The Balaban J connectivity index is 2.14. The average molecular weight is 139 g/mol. The normalized spacial score (nSPS) is 34.7. The van der Waals surface area contributed by atoms with Crippen molar-refractivity contribution >= 4 is 5.78 Å². The number of Topliss-reactive ketones (excluding diaryl/α,β-unsaturated/α-hetero) is 1. The summed E-state index contributed by atoms with van der Waals surface area (Å²) in [6.07, 6.45) is 3.76. The maximum Gasteiger partial charge on any atom is 0.147 e. The minimum absolute atomic E-state index is 0.201. The number of nitrogens with one attached hydrogen (secondary N) is 1. The van der Waals surface area contributed by atoms with Crippen LogP contribution in [0.15, 0.2) is 0 Å². The first kappa shape index (κ1) is 6.35. The smallest absolute Gasteiger partial charge is 0.147 e. The van der Waals surface area contributed by atoms with Gasteiger partial charge in [-0.2, -0.15) is 0 Å². The Morgan fingerprint density at radius 1 is 1.50 bits per heavy atom. The maximum atomic E-state index is 11.0. The number of rotatable bonds is 1. The van der Waals surface area contributed by atoms with E-state index >= 15 is 0 Å². The zero-order chi connectivity index (χ0) is 7.19. The summed E-state index contributed by atoms with van der Waals surface area (Å²) < 4.78 is 0. The van der Waals surface area contributed by atoms with Gasteiger partial charge in [-0.15, -0.1) is 0 Å². The highest BCUT2D eigenvalue weighted by Gasteiger charge is 2.53. The average Bonchev–Trinajstić information content (AvgIpc) is 2.42. The fourth-order valence-electron chi connectivity index (χ4n) is 2.10. The van der Waals surface area contributed by atoms with Gasteiger partial charge in [0.15, 0.2) is 0 Å². The van der Waals surface area contributed by atoms with Crippen molar-refractivity contribution in [1.29, 1.82) is 0 Å². The van der Waals surface area contributed by atoms with Crippen LogP contribution in [0.1, 0.15) is 26.2 Å². The molecule has 2 fully saturated rings. The predicted molar refractivity (Wildman–Crippen MR) is 38.8 cm³/mol. The number of hydrogen-bond donors (Lipinski definition) is 1. The van der Waals surface area contributed by atoms with E-state index in [4.69, 9.17) is 0 Å².